The maximum Gasteiger partial charge on any atom is 0.331 e. The number of fused-ring (bicyclic) bond motifs is 2. The van der Waals surface area contributed by atoms with Crippen molar-refractivity contribution in [3.05, 3.63) is 106 Å². The zero-order chi connectivity index (χ0) is 23.7. The molecule has 0 radical (unpaired) electrons. The lowest BCUT2D eigenvalue weighted by Crippen LogP contribution is -2.47. The molecule has 0 saturated heterocycles. The molecule has 2 amide bonds. The third-order valence-electron chi connectivity index (χ3n) is 5.64. The molecule has 34 heavy (non-hydrogen) atoms. The summed E-state index contributed by atoms with van der Waals surface area (Å²) in [5.41, 5.74) is 1.15. The predicted octanol–water partition coefficient (Wildman–Crippen LogP) is 2.20. The molecule has 168 valence electrons. The molecule has 1 aliphatic heterocycles. The third-order valence-corrected chi connectivity index (χ3v) is 5.64. The fraction of sp³-hybridized carbons (Fsp3) is 0.120. The smallest absolute Gasteiger partial charge is 0.331 e. The molecule has 0 saturated carbocycles. The van der Waals surface area contributed by atoms with Gasteiger partial charge in [-0.15, -0.1) is 5.10 Å². The van der Waals surface area contributed by atoms with Gasteiger partial charge in [0, 0.05) is 6.42 Å². The fourth-order valence-corrected chi connectivity index (χ4v) is 3.94. The number of carbonyl (C=O) groups excluding carboxylic acids is 3. The van der Waals surface area contributed by atoms with Crippen molar-refractivity contribution in [3.63, 3.8) is 0 Å². The largest absolute Gasteiger partial charge is 0.441 e. The molecule has 4 aromatic rings. The third kappa shape index (κ3) is 3.73. The van der Waals surface area contributed by atoms with Gasteiger partial charge in [-0.25, -0.2) is 4.79 Å². The van der Waals surface area contributed by atoms with Crippen molar-refractivity contribution < 1.29 is 19.1 Å². The number of rotatable bonds is 6. The number of amides is 2. The Hall–Kier alpha value is -4.66. The van der Waals surface area contributed by atoms with Crippen LogP contribution in [0.3, 0.4) is 0 Å². The molecular weight excluding hydrogens is 436 g/mol. The fourth-order valence-electron chi connectivity index (χ4n) is 3.94. The lowest BCUT2D eigenvalue weighted by molar-refractivity contribution is -0.152. The summed E-state index contributed by atoms with van der Waals surface area (Å²) in [6.07, 6.45) is 0.0590. The van der Waals surface area contributed by atoms with Crippen LogP contribution in [0.5, 0.6) is 0 Å². The summed E-state index contributed by atoms with van der Waals surface area (Å²) in [5.74, 6) is -1.97. The molecule has 1 aromatic heterocycles. The van der Waals surface area contributed by atoms with Gasteiger partial charge < -0.3 is 4.74 Å². The molecule has 1 aliphatic rings. The van der Waals surface area contributed by atoms with E-state index >= 15 is 0 Å². The van der Waals surface area contributed by atoms with Crippen molar-refractivity contribution in [2.24, 2.45) is 0 Å². The number of nitrogens with zero attached hydrogens (tertiary/aromatic N) is 4. The minimum absolute atomic E-state index is 0.0590. The number of hydrogen-bond donors (Lipinski definition) is 0. The van der Waals surface area contributed by atoms with E-state index in [2.05, 4.69) is 10.3 Å². The van der Waals surface area contributed by atoms with E-state index in [4.69, 9.17) is 4.74 Å². The van der Waals surface area contributed by atoms with Gasteiger partial charge in [0.1, 0.15) is 11.6 Å². The molecule has 5 rings (SSSR count). The first-order valence-electron chi connectivity index (χ1n) is 10.5. The van der Waals surface area contributed by atoms with E-state index in [1.807, 2.05) is 6.07 Å². The van der Waals surface area contributed by atoms with Crippen LogP contribution >= 0.6 is 0 Å². The molecule has 2 heterocycles. The van der Waals surface area contributed by atoms with Crippen LogP contribution in [0.25, 0.3) is 10.9 Å². The maximum atomic E-state index is 13.2. The highest BCUT2D eigenvalue weighted by Crippen LogP contribution is 2.26. The Morgan fingerprint density at radius 2 is 1.44 bits per heavy atom. The predicted molar refractivity (Wildman–Crippen MR) is 121 cm³/mol. The summed E-state index contributed by atoms with van der Waals surface area (Å²) in [5, 5.41) is 8.10. The van der Waals surface area contributed by atoms with Crippen LogP contribution in [0.1, 0.15) is 26.3 Å². The van der Waals surface area contributed by atoms with Crippen molar-refractivity contribution in [1.82, 2.24) is 19.9 Å². The zero-order valence-electron chi connectivity index (χ0n) is 17.8. The molecule has 0 fully saturated rings. The number of ether oxygens (including phenoxy) is 1. The Morgan fingerprint density at radius 3 is 2.15 bits per heavy atom. The van der Waals surface area contributed by atoms with Crippen LogP contribution < -0.4 is 5.56 Å². The summed E-state index contributed by atoms with van der Waals surface area (Å²) >= 11 is 0. The second-order valence-corrected chi connectivity index (χ2v) is 7.74. The van der Waals surface area contributed by atoms with Gasteiger partial charge >= 0.3 is 5.97 Å². The molecular formula is C25H18N4O5. The zero-order valence-corrected chi connectivity index (χ0v) is 17.8. The Morgan fingerprint density at radius 1 is 0.824 bits per heavy atom. The first-order chi connectivity index (χ1) is 16.5. The second-order valence-electron chi connectivity index (χ2n) is 7.74. The highest BCUT2D eigenvalue weighted by atomic mass is 16.5. The van der Waals surface area contributed by atoms with E-state index in [-0.39, 0.29) is 17.5 Å². The molecule has 9 nitrogen and oxygen atoms in total. The number of benzene rings is 3. The first-order valence-corrected chi connectivity index (χ1v) is 10.5. The number of hydrogen-bond acceptors (Lipinski definition) is 7. The molecule has 9 heteroatoms. The Bertz CT molecular complexity index is 1450. The van der Waals surface area contributed by atoms with Crippen LogP contribution in [0.15, 0.2) is 83.7 Å². The van der Waals surface area contributed by atoms with Gasteiger partial charge in [-0.05, 0) is 29.8 Å². The van der Waals surface area contributed by atoms with Crippen molar-refractivity contribution in [3.8, 4) is 0 Å². The van der Waals surface area contributed by atoms with Gasteiger partial charge in [-0.3, -0.25) is 19.3 Å². The lowest BCUT2D eigenvalue weighted by atomic mass is 10.0. The molecule has 0 aliphatic carbocycles. The van der Waals surface area contributed by atoms with E-state index in [0.29, 0.717) is 10.9 Å². The van der Waals surface area contributed by atoms with Crippen LogP contribution in [0.2, 0.25) is 0 Å². The molecule has 0 spiro atoms. The van der Waals surface area contributed by atoms with Crippen LogP contribution in [-0.2, 0) is 22.7 Å². The van der Waals surface area contributed by atoms with E-state index in [1.54, 1.807) is 72.8 Å². The van der Waals surface area contributed by atoms with Gasteiger partial charge in [0.05, 0.1) is 16.5 Å². The molecule has 0 bridgehead atoms. The summed E-state index contributed by atoms with van der Waals surface area (Å²) in [4.78, 5) is 52.9. The SMILES string of the molecule is O=C(OCn1nnc2ccccc2c1=O)C(Cc1ccccc1)N1C(=O)c2ccccc2C1=O. The van der Waals surface area contributed by atoms with Crippen molar-refractivity contribution >= 4 is 28.7 Å². The highest BCUT2D eigenvalue weighted by molar-refractivity contribution is 6.22. The minimum Gasteiger partial charge on any atom is -0.441 e. The molecule has 3 aromatic carbocycles. The quantitative estimate of drug-likeness (QED) is 0.324. The van der Waals surface area contributed by atoms with Crippen molar-refractivity contribution in [1.29, 1.82) is 0 Å². The van der Waals surface area contributed by atoms with Crippen molar-refractivity contribution in [2.75, 3.05) is 0 Å². The second kappa shape index (κ2) is 8.70. The monoisotopic (exact) mass is 454 g/mol. The average molecular weight is 454 g/mol. The highest BCUT2D eigenvalue weighted by Gasteiger charge is 2.43. The Kier molecular flexibility index (Phi) is 5.43. The summed E-state index contributed by atoms with van der Waals surface area (Å²) in [6, 6.07) is 20.9. The number of aromatic nitrogens is 3. The van der Waals surface area contributed by atoms with E-state index in [0.717, 1.165) is 15.1 Å². The van der Waals surface area contributed by atoms with Gasteiger partial charge in [-0.1, -0.05) is 59.8 Å². The van der Waals surface area contributed by atoms with Gasteiger partial charge in [0.2, 0.25) is 0 Å². The van der Waals surface area contributed by atoms with Crippen LogP contribution in [-0.4, -0.2) is 43.7 Å². The topological polar surface area (TPSA) is 111 Å². The van der Waals surface area contributed by atoms with Crippen LogP contribution in [0, 0.1) is 0 Å². The normalized spacial score (nSPS) is 13.7. The van der Waals surface area contributed by atoms with E-state index in [1.165, 1.54) is 0 Å². The first kappa shape index (κ1) is 21.2. The van der Waals surface area contributed by atoms with Crippen LogP contribution in [0.4, 0.5) is 0 Å². The lowest BCUT2D eigenvalue weighted by Gasteiger charge is -2.24. The molecule has 1 atom stereocenters. The Labute approximate surface area is 193 Å². The van der Waals surface area contributed by atoms with E-state index < -0.39 is 36.1 Å². The number of esters is 1. The average Bonchev–Trinajstić information content (AvgIpc) is 3.12. The Balaban J connectivity index is 1.43. The number of imide groups is 1. The minimum atomic E-state index is -1.22. The summed E-state index contributed by atoms with van der Waals surface area (Å²) in [7, 11) is 0. The molecule has 1 unspecified atom stereocenters. The summed E-state index contributed by atoms with van der Waals surface area (Å²) < 4.78 is 6.29. The number of carbonyl (C=O) groups is 3. The van der Waals surface area contributed by atoms with Gasteiger partial charge in [0.15, 0.2) is 6.73 Å². The molecule has 0 N–H and O–H groups in total. The van der Waals surface area contributed by atoms with Gasteiger partial charge in [-0.2, -0.15) is 4.68 Å². The maximum absolute atomic E-state index is 13.2. The van der Waals surface area contributed by atoms with Gasteiger partial charge in [0.25, 0.3) is 17.4 Å². The van der Waals surface area contributed by atoms with Crippen molar-refractivity contribution in [2.45, 2.75) is 19.2 Å². The van der Waals surface area contributed by atoms with E-state index in [9.17, 15) is 19.2 Å². The summed E-state index contributed by atoms with van der Waals surface area (Å²) in [6.45, 7) is -0.510. The standard InChI is InChI=1S/C25H18N4O5/c30-22-19-12-6-7-13-20(19)26-27-28(22)15-34-25(33)21(14-16-8-2-1-3-9-16)29-23(31)17-10-4-5-11-18(17)24(29)32/h1-13,21H,14-15H2.